The summed E-state index contributed by atoms with van der Waals surface area (Å²) < 4.78 is 0. The number of aryl methyl sites for hydroxylation is 2. The Morgan fingerprint density at radius 2 is 1.57 bits per heavy atom. The van der Waals surface area contributed by atoms with E-state index in [0.29, 0.717) is 0 Å². The molecule has 1 aliphatic heterocycles. The van der Waals surface area contributed by atoms with Gasteiger partial charge in [-0.25, -0.2) is 9.97 Å². The van der Waals surface area contributed by atoms with Gasteiger partial charge in [0.1, 0.15) is 18.0 Å². The molecular formula is C23H27N5. The number of hydrogen-bond donors (Lipinski definition) is 1. The molecule has 2 heterocycles. The molecule has 1 N–H and O–H groups in total. The first-order valence-electron chi connectivity index (χ1n) is 9.85. The van der Waals surface area contributed by atoms with E-state index in [1.54, 1.807) is 6.33 Å². The lowest BCUT2D eigenvalue weighted by Crippen LogP contribution is -2.46. The van der Waals surface area contributed by atoms with Crippen LogP contribution in [-0.2, 0) is 6.54 Å². The van der Waals surface area contributed by atoms with Crippen LogP contribution in [0.1, 0.15) is 16.7 Å². The molecule has 0 radical (unpaired) electrons. The van der Waals surface area contributed by atoms with Crippen molar-refractivity contribution in [1.82, 2.24) is 9.97 Å². The minimum Gasteiger partial charge on any atom is -0.368 e. The molecule has 3 aromatic rings. The Hall–Kier alpha value is -3.08. The molecule has 5 heteroatoms. The SMILES string of the molecule is Cc1ccc(CNc2cc(N3CCN(c4cccc(C)c4)CC3)ncn2)cc1. The molecule has 0 amide bonds. The summed E-state index contributed by atoms with van der Waals surface area (Å²) in [6.45, 7) is 8.93. The quantitative estimate of drug-likeness (QED) is 0.731. The molecule has 4 rings (SSSR count). The van der Waals surface area contributed by atoms with Crippen molar-refractivity contribution in [2.24, 2.45) is 0 Å². The lowest BCUT2D eigenvalue weighted by Gasteiger charge is -2.36. The van der Waals surface area contributed by atoms with E-state index in [0.717, 1.165) is 44.4 Å². The van der Waals surface area contributed by atoms with Gasteiger partial charge in [-0.2, -0.15) is 0 Å². The van der Waals surface area contributed by atoms with Crippen molar-refractivity contribution in [2.75, 3.05) is 41.3 Å². The van der Waals surface area contributed by atoms with Gasteiger partial charge in [0.05, 0.1) is 0 Å². The first-order chi connectivity index (χ1) is 13.7. The highest BCUT2D eigenvalue weighted by Crippen LogP contribution is 2.21. The Morgan fingerprint density at radius 3 is 2.32 bits per heavy atom. The second-order valence-corrected chi connectivity index (χ2v) is 7.41. The third-order valence-electron chi connectivity index (χ3n) is 5.22. The zero-order chi connectivity index (χ0) is 19.3. The van der Waals surface area contributed by atoms with Gasteiger partial charge in [0.2, 0.25) is 0 Å². The Bertz CT molecular complexity index is 914. The zero-order valence-corrected chi connectivity index (χ0v) is 16.6. The standard InChI is InChI=1S/C23H27N5/c1-18-6-8-20(9-7-18)16-24-22-15-23(26-17-25-22)28-12-10-27(11-13-28)21-5-3-4-19(2)14-21/h3-9,14-15,17H,10-13,16H2,1-2H3,(H,24,25,26). The number of anilines is 3. The summed E-state index contributed by atoms with van der Waals surface area (Å²) in [6.07, 6.45) is 1.65. The monoisotopic (exact) mass is 373 g/mol. The van der Waals surface area contributed by atoms with E-state index in [4.69, 9.17) is 0 Å². The molecule has 1 fully saturated rings. The summed E-state index contributed by atoms with van der Waals surface area (Å²) in [5.41, 5.74) is 5.14. The summed E-state index contributed by atoms with van der Waals surface area (Å²) in [6, 6.07) is 19.3. The van der Waals surface area contributed by atoms with E-state index >= 15 is 0 Å². The van der Waals surface area contributed by atoms with E-state index in [1.807, 2.05) is 0 Å². The molecule has 144 valence electrons. The maximum atomic E-state index is 4.50. The number of hydrogen-bond acceptors (Lipinski definition) is 5. The Labute approximate surface area is 167 Å². The normalized spacial score (nSPS) is 14.2. The molecular weight excluding hydrogens is 346 g/mol. The van der Waals surface area contributed by atoms with Gasteiger partial charge in [0, 0.05) is 44.5 Å². The average molecular weight is 374 g/mol. The zero-order valence-electron chi connectivity index (χ0n) is 16.6. The maximum absolute atomic E-state index is 4.50. The minimum atomic E-state index is 0.762. The van der Waals surface area contributed by atoms with Crippen LogP contribution in [0.4, 0.5) is 17.3 Å². The first kappa shape index (κ1) is 18.3. The summed E-state index contributed by atoms with van der Waals surface area (Å²) in [5.74, 6) is 1.86. The number of nitrogens with zero attached hydrogens (tertiary/aromatic N) is 4. The summed E-state index contributed by atoms with van der Waals surface area (Å²) in [7, 11) is 0. The second-order valence-electron chi connectivity index (χ2n) is 7.41. The minimum absolute atomic E-state index is 0.762. The Morgan fingerprint density at radius 1 is 0.821 bits per heavy atom. The molecule has 0 aliphatic carbocycles. The van der Waals surface area contributed by atoms with Gasteiger partial charge in [0.25, 0.3) is 0 Å². The highest BCUT2D eigenvalue weighted by atomic mass is 15.3. The molecule has 0 bridgehead atoms. The molecule has 1 aromatic heterocycles. The predicted octanol–water partition coefficient (Wildman–Crippen LogP) is 4.03. The third kappa shape index (κ3) is 4.42. The number of piperazine rings is 1. The maximum Gasteiger partial charge on any atom is 0.134 e. The van der Waals surface area contributed by atoms with Crippen molar-refractivity contribution in [1.29, 1.82) is 0 Å². The third-order valence-corrected chi connectivity index (χ3v) is 5.22. The summed E-state index contributed by atoms with van der Waals surface area (Å²) >= 11 is 0. The fourth-order valence-electron chi connectivity index (χ4n) is 3.53. The van der Waals surface area contributed by atoms with Gasteiger partial charge in [-0.1, -0.05) is 42.0 Å². The number of benzene rings is 2. The highest BCUT2D eigenvalue weighted by molar-refractivity contribution is 5.53. The van der Waals surface area contributed by atoms with Crippen LogP contribution < -0.4 is 15.1 Å². The summed E-state index contributed by atoms with van der Waals surface area (Å²) in [4.78, 5) is 13.7. The van der Waals surface area contributed by atoms with E-state index in [9.17, 15) is 0 Å². The van der Waals surface area contributed by atoms with Gasteiger partial charge in [0.15, 0.2) is 0 Å². The number of aromatic nitrogens is 2. The smallest absolute Gasteiger partial charge is 0.134 e. The molecule has 5 nitrogen and oxygen atoms in total. The van der Waals surface area contributed by atoms with Crippen LogP contribution in [0.2, 0.25) is 0 Å². The largest absolute Gasteiger partial charge is 0.368 e. The lowest BCUT2D eigenvalue weighted by molar-refractivity contribution is 0.646. The molecule has 0 unspecified atom stereocenters. The fourth-order valence-corrected chi connectivity index (χ4v) is 3.53. The van der Waals surface area contributed by atoms with Crippen LogP contribution in [0.3, 0.4) is 0 Å². The molecule has 2 aromatic carbocycles. The molecule has 1 saturated heterocycles. The van der Waals surface area contributed by atoms with Gasteiger partial charge >= 0.3 is 0 Å². The van der Waals surface area contributed by atoms with E-state index < -0.39 is 0 Å². The van der Waals surface area contributed by atoms with Gasteiger partial charge in [-0.05, 0) is 37.1 Å². The first-order valence-corrected chi connectivity index (χ1v) is 9.85. The van der Waals surface area contributed by atoms with Crippen molar-refractivity contribution in [3.8, 4) is 0 Å². The second kappa shape index (κ2) is 8.30. The average Bonchev–Trinajstić information content (AvgIpc) is 2.74. The van der Waals surface area contributed by atoms with Crippen LogP contribution in [0.5, 0.6) is 0 Å². The van der Waals surface area contributed by atoms with Crippen LogP contribution in [0, 0.1) is 13.8 Å². The number of rotatable bonds is 5. The van der Waals surface area contributed by atoms with Gasteiger partial charge < -0.3 is 15.1 Å². The lowest BCUT2D eigenvalue weighted by atomic mass is 10.1. The molecule has 0 atom stereocenters. The molecule has 0 saturated carbocycles. The molecule has 1 aliphatic rings. The fraction of sp³-hybridized carbons (Fsp3) is 0.304. The van der Waals surface area contributed by atoms with Crippen molar-refractivity contribution in [3.63, 3.8) is 0 Å². The van der Waals surface area contributed by atoms with Crippen molar-refractivity contribution in [2.45, 2.75) is 20.4 Å². The topological polar surface area (TPSA) is 44.3 Å². The van der Waals surface area contributed by atoms with E-state index in [-0.39, 0.29) is 0 Å². The van der Waals surface area contributed by atoms with Crippen LogP contribution >= 0.6 is 0 Å². The highest BCUT2D eigenvalue weighted by Gasteiger charge is 2.18. The predicted molar refractivity (Wildman–Crippen MR) is 116 cm³/mol. The van der Waals surface area contributed by atoms with Crippen LogP contribution in [0.15, 0.2) is 60.9 Å². The van der Waals surface area contributed by atoms with Gasteiger partial charge in [-0.15, -0.1) is 0 Å². The van der Waals surface area contributed by atoms with E-state index in [1.165, 1.54) is 22.4 Å². The Balaban J connectivity index is 1.36. The van der Waals surface area contributed by atoms with Crippen LogP contribution in [-0.4, -0.2) is 36.1 Å². The van der Waals surface area contributed by atoms with Crippen molar-refractivity contribution in [3.05, 3.63) is 77.6 Å². The molecule has 28 heavy (non-hydrogen) atoms. The van der Waals surface area contributed by atoms with Gasteiger partial charge in [-0.3, -0.25) is 0 Å². The van der Waals surface area contributed by atoms with E-state index in [2.05, 4.69) is 93.5 Å². The van der Waals surface area contributed by atoms with Crippen molar-refractivity contribution < 1.29 is 0 Å². The number of nitrogens with one attached hydrogen (secondary N) is 1. The molecule has 0 spiro atoms. The Kier molecular flexibility index (Phi) is 5.42. The summed E-state index contributed by atoms with van der Waals surface area (Å²) in [5, 5.41) is 3.41. The van der Waals surface area contributed by atoms with Crippen molar-refractivity contribution >= 4 is 17.3 Å². The van der Waals surface area contributed by atoms with Crippen LogP contribution in [0.25, 0.3) is 0 Å².